The van der Waals surface area contributed by atoms with Gasteiger partial charge in [-0.1, -0.05) is 60.7 Å². The molecule has 7 heteroatoms. The van der Waals surface area contributed by atoms with E-state index in [0.717, 1.165) is 11.1 Å². The highest BCUT2D eigenvalue weighted by molar-refractivity contribution is 5.85. The number of ether oxygens (including phenoxy) is 2. The third kappa shape index (κ3) is 5.65. The van der Waals surface area contributed by atoms with Gasteiger partial charge in [-0.15, -0.1) is 25.6 Å². The molecule has 3 aromatic carbocycles. The summed E-state index contributed by atoms with van der Waals surface area (Å²) < 4.78 is 48.4. The van der Waals surface area contributed by atoms with Gasteiger partial charge in [-0.3, -0.25) is 0 Å². The van der Waals surface area contributed by atoms with Gasteiger partial charge in [-0.2, -0.15) is 0 Å². The van der Waals surface area contributed by atoms with Gasteiger partial charge in [0.15, 0.2) is 0 Å². The minimum Gasteiger partial charge on any atom is -0.488 e. The van der Waals surface area contributed by atoms with Crippen LogP contribution in [0.1, 0.15) is 11.1 Å². The summed E-state index contributed by atoms with van der Waals surface area (Å²) in [6.07, 6.45) is -4.78. The zero-order valence-electron chi connectivity index (χ0n) is 14.8. The standard InChI is InChI=1S/C21H18F3NO2.ClH/c22-21(23,24)27-19-9-5-4-8-17(19)18-11-10-16(13-25)12-20(18)26-14-15-6-2-1-3-7-15;/h1-12H,13-14,25H2;1H. The first-order valence-corrected chi connectivity index (χ1v) is 8.31. The zero-order valence-corrected chi connectivity index (χ0v) is 15.6. The van der Waals surface area contributed by atoms with Gasteiger partial charge < -0.3 is 15.2 Å². The van der Waals surface area contributed by atoms with Gasteiger partial charge in [0.1, 0.15) is 18.1 Å². The fraction of sp³-hybridized carbons (Fsp3) is 0.143. The maximum atomic E-state index is 12.8. The molecule has 0 radical (unpaired) electrons. The number of halogens is 4. The van der Waals surface area contributed by atoms with Crippen molar-refractivity contribution >= 4 is 12.4 Å². The van der Waals surface area contributed by atoms with Crippen LogP contribution >= 0.6 is 12.4 Å². The van der Waals surface area contributed by atoms with Gasteiger partial charge in [0, 0.05) is 17.7 Å². The lowest BCUT2D eigenvalue weighted by atomic mass is 10.0. The Morgan fingerprint density at radius 3 is 2.07 bits per heavy atom. The minimum atomic E-state index is -4.78. The van der Waals surface area contributed by atoms with Crippen LogP contribution in [0.5, 0.6) is 11.5 Å². The minimum absolute atomic E-state index is 0. The summed E-state index contributed by atoms with van der Waals surface area (Å²) in [6.45, 7) is 0.576. The van der Waals surface area contributed by atoms with Crippen LogP contribution in [-0.4, -0.2) is 6.36 Å². The number of para-hydroxylation sites is 1. The van der Waals surface area contributed by atoms with E-state index in [9.17, 15) is 13.2 Å². The highest BCUT2D eigenvalue weighted by atomic mass is 35.5. The largest absolute Gasteiger partial charge is 0.573 e. The van der Waals surface area contributed by atoms with E-state index in [4.69, 9.17) is 10.5 Å². The van der Waals surface area contributed by atoms with E-state index in [0.29, 0.717) is 23.4 Å². The number of alkyl halides is 3. The highest BCUT2D eigenvalue weighted by Crippen LogP contribution is 2.39. The molecule has 0 amide bonds. The Balaban J connectivity index is 0.00000280. The van der Waals surface area contributed by atoms with Gasteiger partial charge in [-0.05, 0) is 23.3 Å². The van der Waals surface area contributed by atoms with Crippen molar-refractivity contribution in [1.29, 1.82) is 0 Å². The van der Waals surface area contributed by atoms with Crippen LogP contribution < -0.4 is 15.2 Å². The fourth-order valence-electron chi connectivity index (χ4n) is 2.67. The smallest absolute Gasteiger partial charge is 0.488 e. The van der Waals surface area contributed by atoms with Crippen LogP contribution in [0.25, 0.3) is 11.1 Å². The van der Waals surface area contributed by atoms with Gasteiger partial charge in [0.2, 0.25) is 0 Å². The first kappa shape index (κ1) is 21.6. The molecule has 0 atom stereocenters. The van der Waals surface area contributed by atoms with Crippen molar-refractivity contribution in [3.8, 4) is 22.6 Å². The predicted octanol–water partition coefficient (Wildman–Crippen LogP) is 5.71. The van der Waals surface area contributed by atoms with Gasteiger partial charge in [0.05, 0.1) is 0 Å². The van der Waals surface area contributed by atoms with Crippen LogP contribution in [0.4, 0.5) is 13.2 Å². The number of benzene rings is 3. The third-order valence-electron chi connectivity index (χ3n) is 3.92. The van der Waals surface area contributed by atoms with Crippen LogP contribution in [0.15, 0.2) is 72.8 Å². The average Bonchev–Trinajstić information content (AvgIpc) is 2.66. The summed E-state index contributed by atoms with van der Waals surface area (Å²) in [7, 11) is 0. The summed E-state index contributed by atoms with van der Waals surface area (Å²) in [6, 6.07) is 20.7. The molecule has 0 aliphatic rings. The topological polar surface area (TPSA) is 44.5 Å². The summed E-state index contributed by atoms with van der Waals surface area (Å²) in [4.78, 5) is 0. The molecule has 3 nitrogen and oxygen atoms in total. The molecule has 2 N–H and O–H groups in total. The lowest BCUT2D eigenvalue weighted by Crippen LogP contribution is -2.17. The van der Waals surface area contributed by atoms with E-state index in [1.54, 1.807) is 30.3 Å². The zero-order chi connectivity index (χ0) is 19.3. The Morgan fingerprint density at radius 1 is 0.750 bits per heavy atom. The number of rotatable bonds is 6. The Bertz CT molecular complexity index is 902. The van der Waals surface area contributed by atoms with E-state index in [1.807, 2.05) is 30.3 Å². The van der Waals surface area contributed by atoms with Crippen LogP contribution in [0.2, 0.25) is 0 Å². The number of nitrogens with two attached hydrogens (primary N) is 1. The molecular formula is C21H19ClF3NO2. The van der Waals surface area contributed by atoms with Crippen molar-refractivity contribution < 1.29 is 22.6 Å². The third-order valence-corrected chi connectivity index (χ3v) is 3.92. The van der Waals surface area contributed by atoms with Gasteiger partial charge in [-0.25, -0.2) is 0 Å². The summed E-state index contributed by atoms with van der Waals surface area (Å²) >= 11 is 0. The normalized spacial score (nSPS) is 10.9. The highest BCUT2D eigenvalue weighted by Gasteiger charge is 2.32. The van der Waals surface area contributed by atoms with Crippen molar-refractivity contribution in [3.63, 3.8) is 0 Å². The maximum absolute atomic E-state index is 12.8. The van der Waals surface area contributed by atoms with Crippen LogP contribution in [0, 0.1) is 0 Å². The molecule has 0 aromatic heterocycles. The van der Waals surface area contributed by atoms with E-state index < -0.39 is 6.36 Å². The molecule has 0 heterocycles. The first-order chi connectivity index (χ1) is 13.0. The van der Waals surface area contributed by atoms with Crippen molar-refractivity contribution in [3.05, 3.63) is 83.9 Å². The van der Waals surface area contributed by atoms with E-state index in [-0.39, 0.29) is 24.8 Å². The molecule has 3 rings (SSSR count). The van der Waals surface area contributed by atoms with E-state index >= 15 is 0 Å². The van der Waals surface area contributed by atoms with Crippen molar-refractivity contribution in [2.45, 2.75) is 19.5 Å². The quantitative estimate of drug-likeness (QED) is 0.567. The molecule has 3 aromatic rings. The first-order valence-electron chi connectivity index (χ1n) is 8.31. The lowest BCUT2D eigenvalue weighted by molar-refractivity contribution is -0.274. The Morgan fingerprint density at radius 2 is 1.39 bits per heavy atom. The second kappa shape index (κ2) is 9.48. The molecular weight excluding hydrogens is 391 g/mol. The van der Waals surface area contributed by atoms with Crippen molar-refractivity contribution in [2.75, 3.05) is 0 Å². The molecule has 28 heavy (non-hydrogen) atoms. The van der Waals surface area contributed by atoms with Crippen molar-refractivity contribution in [2.24, 2.45) is 5.73 Å². The SMILES string of the molecule is Cl.NCc1ccc(-c2ccccc2OC(F)(F)F)c(OCc2ccccc2)c1. The monoisotopic (exact) mass is 409 g/mol. The molecule has 0 spiro atoms. The average molecular weight is 410 g/mol. The molecule has 0 aliphatic carbocycles. The molecule has 0 bridgehead atoms. The van der Waals surface area contributed by atoms with E-state index in [1.165, 1.54) is 12.1 Å². The van der Waals surface area contributed by atoms with E-state index in [2.05, 4.69) is 4.74 Å². The molecule has 0 unspecified atom stereocenters. The number of hydrogen-bond acceptors (Lipinski definition) is 3. The van der Waals surface area contributed by atoms with Gasteiger partial charge in [0.25, 0.3) is 0 Å². The molecule has 0 saturated carbocycles. The molecule has 0 fully saturated rings. The Kier molecular flexibility index (Phi) is 7.31. The molecule has 0 saturated heterocycles. The molecule has 148 valence electrons. The Hall–Kier alpha value is -2.70. The second-order valence-corrected chi connectivity index (χ2v) is 5.85. The lowest BCUT2D eigenvalue weighted by Gasteiger charge is -2.17. The molecule has 0 aliphatic heterocycles. The van der Waals surface area contributed by atoms with Crippen LogP contribution in [0.3, 0.4) is 0 Å². The summed E-state index contributed by atoms with van der Waals surface area (Å²) in [5, 5.41) is 0. The fourth-order valence-corrected chi connectivity index (χ4v) is 2.67. The summed E-state index contributed by atoms with van der Waals surface area (Å²) in [5.41, 5.74) is 8.26. The van der Waals surface area contributed by atoms with Crippen LogP contribution in [-0.2, 0) is 13.2 Å². The second-order valence-electron chi connectivity index (χ2n) is 5.85. The maximum Gasteiger partial charge on any atom is 0.573 e. The van der Waals surface area contributed by atoms with Crippen molar-refractivity contribution in [1.82, 2.24) is 0 Å². The summed E-state index contributed by atoms with van der Waals surface area (Å²) in [5.74, 6) is 0.162. The van der Waals surface area contributed by atoms with Gasteiger partial charge >= 0.3 is 6.36 Å². The Labute approximate surface area is 167 Å². The number of hydrogen-bond donors (Lipinski definition) is 1. The predicted molar refractivity (Wildman–Crippen MR) is 104 cm³/mol.